The number of nitrogens with zero attached hydrogens (tertiary/aromatic N) is 2. The second-order valence-corrected chi connectivity index (χ2v) is 8.18. The van der Waals surface area contributed by atoms with Crippen LogP contribution in [-0.4, -0.2) is 27.0 Å². The van der Waals surface area contributed by atoms with Crippen LogP contribution in [0.1, 0.15) is 21.5 Å². The topological polar surface area (TPSA) is 116 Å². The number of aromatic nitrogens is 2. The van der Waals surface area contributed by atoms with E-state index in [0.717, 1.165) is 33.2 Å². The first-order valence-electron chi connectivity index (χ1n) is 10.3. The van der Waals surface area contributed by atoms with Gasteiger partial charge < -0.3 is 10.6 Å². The molecule has 2 aromatic carbocycles. The lowest BCUT2D eigenvalue weighted by Crippen LogP contribution is -2.14. The van der Waals surface area contributed by atoms with Crippen molar-refractivity contribution in [2.75, 3.05) is 10.6 Å². The molecule has 2 amide bonds. The van der Waals surface area contributed by atoms with Crippen molar-refractivity contribution in [2.45, 2.75) is 6.92 Å². The maximum atomic E-state index is 12.7. The van der Waals surface area contributed by atoms with E-state index in [2.05, 4.69) is 20.6 Å². The number of hydroxylamine groups is 1. The van der Waals surface area contributed by atoms with Gasteiger partial charge in [-0.1, -0.05) is 18.2 Å². The Hall–Kier alpha value is -4.34. The average Bonchev–Trinajstić information content (AvgIpc) is 3.34. The molecule has 0 atom stereocenters. The van der Waals surface area contributed by atoms with E-state index in [0.29, 0.717) is 11.3 Å². The van der Waals surface area contributed by atoms with Gasteiger partial charge >= 0.3 is 0 Å². The van der Waals surface area contributed by atoms with Gasteiger partial charge in [0.25, 0.3) is 11.8 Å². The number of pyridine rings is 1. The molecule has 4 rings (SSSR count). The summed E-state index contributed by atoms with van der Waals surface area (Å²) in [5.41, 5.74) is 7.00. The van der Waals surface area contributed by atoms with E-state index in [4.69, 9.17) is 5.21 Å². The third kappa shape index (κ3) is 5.71. The summed E-state index contributed by atoms with van der Waals surface area (Å²) in [5, 5.41) is 17.5. The minimum atomic E-state index is -0.628. The van der Waals surface area contributed by atoms with Gasteiger partial charge in [-0.2, -0.15) is 0 Å². The van der Waals surface area contributed by atoms with E-state index in [1.165, 1.54) is 29.0 Å². The summed E-state index contributed by atoms with van der Waals surface area (Å²) in [6, 6.07) is 16.2. The zero-order valence-corrected chi connectivity index (χ0v) is 19.0. The lowest BCUT2D eigenvalue weighted by Gasteiger charge is -2.11. The Bertz CT molecular complexity index is 1330. The smallest absolute Gasteiger partial charge is 0.267 e. The molecule has 0 saturated carbocycles. The largest absolute Gasteiger partial charge is 0.331 e. The standard InChI is InChI=1S/C25H21N5O3S/c1-16-4-10-20(27-24(32)18-8-5-17(6-9-18)7-11-23(31)30-33)13-21(16)28-25-29-22(15-34-25)19-3-2-12-26-14-19/h2-15,33H,1H3,(H,27,32)(H,28,29)(H,30,31)/b11-7+. The third-order valence-corrected chi connectivity index (χ3v) is 5.67. The summed E-state index contributed by atoms with van der Waals surface area (Å²) >= 11 is 1.49. The fourth-order valence-electron chi connectivity index (χ4n) is 3.09. The minimum Gasteiger partial charge on any atom is -0.331 e. The van der Waals surface area contributed by atoms with E-state index in [-0.39, 0.29) is 5.91 Å². The van der Waals surface area contributed by atoms with Crippen molar-refractivity contribution in [1.29, 1.82) is 0 Å². The molecule has 34 heavy (non-hydrogen) atoms. The summed E-state index contributed by atoms with van der Waals surface area (Å²) in [6.07, 6.45) is 6.22. The number of amides is 2. The Morgan fingerprint density at radius 1 is 1.09 bits per heavy atom. The molecule has 4 aromatic rings. The van der Waals surface area contributed by atoms with Crippen molar-refractivity contribution < 1.29 is 14.8 Å². The molecule has 2 aromatic heterocycles. The molecule has 0 saturated heterocycles. The highest BCUT2D eigenvalue weighted by atomic mass is 32.1. The first kappa shape index (κ1) is 22.8. The Kier molecular flexibility index (Phi) is 7.07. The zero-order valence-electron chi connectivity index (χ0n) is 18.1. The average molecular weight is 472 g/mol. The number of benzene rings is 2. The molecule has 0 aliphatic carbocycles. The first-order valence-corrected chi connectivity index (χ1v) is 11.2. The fourth-order valence-corrected chi connectivity index (χ4v) is 3.82. The molecule has 0 bridgehead atoms. The number of carbonyl (C=O) groups excluding carboxylic acids is 2. The van der Waals surface area contributed by atoms with Crippen molar-refractivity contribution in [3.05, 3.63) is 95.1 Å². The molecule has 0 spiro atoms. The number of thiazole rings is 1. The highest BCUT2D eigenvalue weighted by molar-refractivity contribution is 7.14. The van der Waals surface area contributed by atoms with Gasteiger partial charge in [0, 0.05) is 46.4 Å². The predicted molar refractivity (Wildman–Crippen MR) is 133 cm³/mol. The van der Waals surface area contributed by atoms with Crippen molar-refractivity contribution in [3.63, 3.8) is 0 Å². The molecule has 0 fully saturated rings. The van der Waals surface area contributed by atoms with Crippen molar-refractivity contribution >= 4 is 45.7 Å². The monoisotopic (exact) mass is 471 g/mol. The van der Waals surface area contributed by atoms with Crippen molar-refractivity contribution in [3.8, 4) is 11.3 Å². The van der Waals surface area contributed by atoms with E-state index in [1.807, 2.05) is 42.6 Å². The number of hydrogen-bond acceptors (Lipinski definition) is 7. The van der Waals surface area contributed by atoms with Crippen molar-refractivity contribution in [2.24, 2.45) is 0 Å². The van der Waals surface area contributed by atoms with Crippen LogP contribution in [-0.2, 0) is 4.79 Å². The van der Waals surface area contributed by atoms with Crippen LogP contribution in [0.15, 0.2) is 78.4 Å². The van der Waals surface area contributed by atoms with Crippen LogP contribution in [0.4, 0.5) is 16.5 Å². The van der Waals surface area contributed by atoms with Gasteiger partial charge in [0.15, 0.2) is 5.13 Å². The first-order chi connectivity index (χ1) is 16.5. The van der Waals surface area contributed by atoms with Crippen LogP contribution < -0.4 is 16.1 Å². The molecule has 0 aliphatic rings. The van der Waals surface area contributed by atoms with Crippen LogP contribution in [0.25, 0.3) is 17.3 Å². The fraction of sp³-hybridized carbons (Fsp3) is 0.0400. The van der Waals surface area contributed by atoms with E-state index in [9.17, 15) is 9.59 Å². The molecular weight excluding hydrogens is 450 g/mol. The number of aryl methyl sites for hydroxylation is 1. The second kappa shape index (κ2) is 10.5. The van der Waals surface area contributed by atoms with E-state index < -0.39 is 5.91 Å². The molecule has 8 nitrogen and oxygen atoms in total. The lowest BCUT2D eigenvalue weighted by molar-refractivity contribution is -0.124. The number of rotatable bonds is 7. The number of anilines is 3. The maximum absolute atomic E-state index is 12.7. The van der Waals surface area contributed by atoms with Gasteiger partial charge in [0.2, 0.25) is 0 Å². The molecule has 0 unspecified atom stereocenters. The number of hydrogen-bond donors (Lipinski definition) is 4. The van der Waals surface area contributed by atoms with Crippen LogP contribution in [0.5, 0.6) is 0 Å². The normalized spacial score (nSPS) is 10.8. The van der Waals surface area contributed by atoms with E-state index >= 15 is 0 Å². The summed E-state index contributed by atoms with van der Waals surface area (Å²) in [5.74, 6) is -0.886. The van der Waals surface area contributed by atoms with E-state index in [1.54, 1.807) is 36.7 Å². The maximum Gasteiger partial charge on any atom is 0.267 e. The minimum absolute atomic E-state index is 0.258. The summed E-state index contributed by atoms with van der Waals surface area (Å²) in [7, 11) is 0. The molecule has 4 N–H and O–H groups in total. The Labute approximate surface area is 200 Å². The summed E-state index contributed by atoms with van der Waals surface area (Å²) in [6.45, 7) is 1.98. The highest BCUT2D eigenvalue weighted by Crippen LogP contribution is 2.29. The molecule has 2 heterocycles. The van der Waals surface area contributed by atoms with Gasteiger partial charge in [-0.05, 0) is 60.5 Å². The number of carbonyl (C=O) groups is 2. The van der Waals surface area contributed by atoms with Gasteiger partial charge in [-0.3, -0.25) is 19.8 Å². The molecular formula is C25H21N5O3S. The van der Waals surface area contributed by atoms with Crippen LogP contribution in [0.3, 0.4) is 0 Å². The quantitative estimate of drug-likeness (QED) is 0.171. The molecule has 0 radical (unpaired) electrons. The van der Waals surface area contributed by atoms with Crippen LogP contribution >= 0.6 is 11.3 Å². The second-order valence-electron chi connectivity index (χ2n) is 7.32. The summed E-state index contributed by atoms with van der Waals surface area (Å²) < 4.78 is 0. The van der Waals surface area contributed by atoms with Crippen molar-refractivity contribution in [1.82, 2.24) is 15.4 Å². The zero-order chi connectivity index (χ0) is 23.9. The third-order valence-electron chi connectivity index (χ3n) is 4.91. The SMILES string of the molecule is Cc1ccc(NC(=O)c2ccc(/C=C/C(=O)NO)cc2)cc1Nc1nc(-c2cccnc2)cs1. The van der Waals surface area contributed by atoms with Gasteiger partial charge in [-0.15, -0.1) is 11.3 Å². The molecule has 9 heteroatoms. The Morgan fingerprint density at radius 3 is 2.65 bits per heavy atom. The predicted octanol–water partition coefficient (Wildman–Crippen LogP) is 5.03. The van der Waals surface area contributed by atoms with Gasteiger partial charge in [0.05, 0.1) is 5.69 Å². The Balaban J connectivity index is 1.44. The Morgan fingerprint density at radius 2 is 1.91 bits per heavy atom. The number of nitrogens with one attached hydrogen (secondary N) is 3. The van der Waals surface area contributed by atoms with Gasteiger partial charge in [0.1, 0.15) is 0 Å². The van der Waals surface area contributed by atoms with Gasteiger partial charge in [-0.25, -0.2) is 10.5 Å². The van der Waals surface area contributed by atoms with Crippen LogP contribution in [0, 0.1) is 6.92 Å². The highest BCUT2D eigenvalue weighted by Gasteiger charge is 2.10. The summed E-state index contributed by atoms with van der Waals surface area (Å²) in [4.78, 5) is 32.5. The molecule has 0 aliphatic heterocycles. The molecule has 170 valence electrons. The van der Waals surface area contributed by atoms with Crippen LogP contribution in [0.2, 0.25) is 0 Å². The lowest BCUT2D eigenvalue weighted by atomic mass is 10.1.